The van der Waals surface area contributed by atoms with Gasteiger partial charge in [-0.2, -0.15) is 4.31 Å². The Morgan fingerprint density at radius 2 is 1.48 bits per heavy atom. The van der Waals surface area contributed by atoms with Gasteiger partial charge in [0, 0.05) is 13.1 Å². The van der Waals surface area contributed by atoms with Crippen molar-refractivity contribution in [2.45, 2.75) is 71.0 Å². The van der Waals surface area contributed by atoms with Crippen LogP contribution in [0.25, 0.3) is 0 Å². The second-order valence-corrected chi connectivity index (χ2v) is 9.64. The first-order valence-corrected chi connectivity index (χ1v) is 9.64. The van der Waals surface area contributed by atoms with Gasteiger partial charge in [0.1, 0.15) is 0 Å². The van der Waals surface area contributed by atoms with Crippen LogP contribution in [0.4, 0.5) is 0 Å². The number of hydrogen-bond acceptors (Lipinski definition) is 3. The molecule has 0 aliphatic carbocycles. The lowest BCUT2D eigenvalue weighted by Crippen LogP contribution is -2.48. The van der Waals surface area contributed by atoms with Gasteiger partial charge in [-0.15, -0.1) is 0 Å². The van der Waals surface area contributed by atoms with E-state index < -0.39 is 10.0 Å². The molecule has 0 spiro atoms. The van der Waals surface area contributed by atoms with Gasteiger partial charge in [0.15, 0.2) is 0 Å². The van der Waals surface area contributed by atoms with Crippen molar-refractivity contribution in [2.75, 3.05) is 13.1 Å². The van der Waals surface area contributed by atoms with Crippen LogP contribution in [0.15, 0.2) is 17.0 Å². The quantitative estimate of drug-likeness (QED) is 0.829. The first-order valence-electron chi connectivity index (χ1n) is 8.20. The summed E-state index contributed by atoms with van der Waals surface area (Å²) in [5.74, 6) is 0. The van der Waals surface area contributed by atoms with Crippen LogP contribution in [-0.2, 0) is 20.2 Å². The third-order valence-electron chi connectivity index (χ3n) is 4.31. The van der Waals surface area contributed by atoms with E-state index in [-0.39, 0.29) is 17.6 Å². The van der Waals surface area contributed by atoms with E-state index in [1.165, 1.54) is 0 Å². The third kappa shape index (κ3) is 3.78. The van der Waals surface area contributed by atoms with Crippen molar-refractivity contribution >= 4 is 10.0 Å². The topological polar surface area (TPSA) is 46.6 Å². The number of rotatable bonds is 2. The first kappa shape index (κ1) is 18.4. The lowest BCUT2D eigenvalue weighted by Gasteiger charge is -2.35. The van der Waals surface area contributed by atoms with Crippen LogP contribution in [-0.4, -0.2) is 38.0 Å². The predicted molar refractivity (Wildman–Crippen MR) is 93.4 cm³/mol. The summed E-state index contributed by atoms with van der Waals surface area (Å²) in [4.78, 5) is 0.451. The summed E-state index contributed by atoms with van der Waals surface area (Å²) < 4.78 is 33.5. The molecule has 1 aromatic carbocycles. The van der Waals surface area contributed by atoms with Gasteiger partial charge >= 0.3 is 0 Å². The Balaban J connectivity index is 2.48. The number of sulfonamides is 1. The van der Waals surface area contributed by atoms with Gasteiger partial charge in [-0.05, 0) is 49.8 Å². The number of nitrogens with zero attached hydrogens (tertiary/aromatic N) is 1. The fraction of sp³-hybridized carbons (Fsp3) is 0.667. The first-order chi connectivity index (χ1) is 10.4. The van der Waals surface area contributed by atoms with Gasteiger partial charge in [0.05, 0.1) is 17.1 Å². The highest BCUT2D eigenvalue weighted by Gasteiger charge is 2.34. The molecule has 1 aliphatic rings. The summed E-state index contributed by atoms with van der Waals surface area (Å²) in [5, 5.41) is 0. The molecule has 2 atom stereocenters. The molecular weight excluding hydrogens is 310 g/mol. The second-order valence-electron chi connectivity index (χ2n) is 7.77. The molecule has 0 aromatic heterocycles. The van der Waals surface area contributed by atoms with Crippen LogP contribution in [0.5, 0.6) is 0 Å². The molecule has 0 bridgehead atoms. The Kier molecular flexibility index (Phi) is 4.96. The molecular formula is C18H29NO3S. The molecule has 1 aromatic rings. The van der Waals surface area contributed by atoms with Crippen molar-refractivity contribution in [1.29, 1.82) is 0 Å². The van der Waals surface area contributed by atoms with Crippen molar-refractivity contribution in [3.8, 4) is 0 Å². The van der Waals surface area contributed by atoms with Crippen LogP contribution in [0, 0.1) is 13.8 Å². The van der Waals surface area contributed by atoms with E-state index in [1.807, 2.05) is 39.8 Å². The van der Waals surface area contributed by atoms with E-state index in [4.69, 9.17) is 4.74 Å². The molecule has 0 N–H and O–H groups in total. The van der Waals surface area contributed by atoms with Gasteiger partial charge in [-0.1, -0.05) is 32.9 Å². The minimum absolute atomic E-state index is 0.000194. The summed E-state index contributed by atoms with van der Waals surface area (Å²) in [6.07, 6.45) is -0.161. The monoisotopic (exact) mass is 339 g/mol. The van der Waals surface area contributed by atoms with E-state index in [0.717, 1.165) is 16.7 Å². The van der Waals surface area contributed by atoms with Gasteiger partial charge < -0.3 is 4.74 Å². The molecule has 0 amide bonds. The summed E-state index contributed by atoms with van der Waals surface area (Å²) in [7, 11) is -3.50. The SMILES string of the molecule is Cc1cc(C(C)(C)C)cc(C)c1S(=O)(=O)N1C[C@@H](C)O[C@H](C)C1. The number of benzene rings is 1. The maximum absolute atomic E-state index is 13.2. The average Bonchev–Trinajstić information content (AvgIpc) is 2.35. The molecule has 0 saturated carbocycles. The fourth-order valence-electron chi connectivity index (χ4n) is 3.25. The Morgan fingerprint density at radius 3 is 1.87 bits per heavy atom. The Hall–Kier alpha value is -0.910. The molecule has 5 heteroatoms. The molecule has 4 nitrogen and oxygen atoms in total. The average molecular weight is 340 g/mol. The van der Waals surface area contributed by atoms with Crippen LogP contribution in [0.2, 0.25) is 0 Å². The molecule has 23 heavy (non-hydrogen) atoms. The van der Waals surface area contributed by atoms with E-state index in [9.17, 15) is 8.42 Å². The minimum Gasteiger partial charge on any atom is -0.373 e. The zero-order valence-corrected chi connectivity index (χ0v) is 16.1. The second kappa shape index (κ2) is 6.19. The van der Waals surface area contributed by atoms with Gasteiger partial charge in [-0.3, -0.25) is 0 Å². The number of ether oxygens (including phenoxy) is 1. The van der Waals surface area contributed by atoms with Crippen LogP contribution < -0.4 is 0 Å². The van der Waals surface area contributed by atoms with Crippen molar-refractivity contribution in [3.63, 3.8) is 0 Å². The van der Waals surface area contributed by atoms with Gasteiger partial charge in [-0.25, -0.2) is 8.42 Å². The molecule has 2 rings (SSSR count). The van der Waals surface area contributed by atoms with E-state index in [1.54, 1.807) is 4.31 Å². The molecule has 0 unspecified atom stereocenters. The van der Waals surface area contributed by atoms with Crippen molar-refractivity contribution in [2.24, 2.45) is 0 Å². The van der Waals surface area contributed by atoms with Gasteiger partial charge in [0.25, 0.3) is 0 Å². The summed E-state index contributed by atoms with van der Waals surface area (Å²) in [6, 6.07) is 4.01. The van der Waals surface area contributed by atoms with E-state index >= 15 is 0 Å². The highest BCUT2D eigenvalue weighted by Crippen LogP contribution is 2.31. The molecule has 1 aliphatic heterocycles. The fourth-order valence-corrected chi connectivity index (χ4v) is 5.25. The van der Waals surface area contributed by atoms with Crippen molar-refractivity contribution in [1.82, 2.24) is 4.31 Å². The van der Waals surface area contributed by atoms with Crippen molar-refractivity contribution < 1.29 is 13.2 Å². The molecule has 130 valence electrons. The molecule has 0 radical (unpaired) electrons. The third-order valence-corrected chi connectivity index (χ3v) is 6.45. The molecule has 1 fully saturated rings. The van der Waals surface area contributed by atoms with Crippen LogP contribution in [0.1, 0.15) is 51.3 Å². The number of morpholine rings is 1. The van der Waals surface area contributed by atoms with E-state index in [2.05, 4.69) is 20.8 Å². The Labute approximate surface area is 140 Å². The van der Waals surface area contributed by atoms with Gasteiger partial charge in [0.2, 0.25) is 10.0 Å². The summed E-state index contributed by atoms with van der Waals surface area (Å²) in [6.45, 7) is 14.9. The van der Waals surface area contributed by atoms with Crippen LogP contribution in [0.3, 0.4) is 0 Å². The normalized spacial score (nSPS) is 24.0. The number of aryl methyl sites for hydroxylation is 2. The lowest BCUT2D eigenvalue weighted by molar-refractivity contribution is -0.0441. The standard InChI is InChI=1S/C18H29NO3S/c1-12-8-16(18(5,6)7)9-13(2)17(12)23(20,21)19-10-14(3)22-15(4)11-19/h8-9,14-15H,10-11H2,1-7H3/t14-,15-/m1/s1. The zero-order valence-electron chi connectivity index (χ0n) is 15.3. The molecule has 1 heterocycles. The summed E-state index contributed by atoms with van der Waals surface area (Å²) in [5.41, 5.74) is 2.80. The minimum atomic E-state index is -3.50. The highest BCUT2D eigenvalue weighted by molar-refractivity contribution is 7.89. The Bertz CT molecular complexity index is 656. The molecule has 1 saturated heterocycles. The summed E-state index contributed by atoms with van der Waals surface area (Å²) >= 11 is 0. The number of hydrogen-bond donors (Lipinski definition) is 0. The largest absolute Gasteiger partial charge is 0.373 e. The maximum atomic E-state index is 13.2. The predicted octanol–water partition coefficient (Wildman–Crippen LogP) is 3.40. The smallest absolute Gasteiger partial charge is 0.243 e. The van der Waals surface area contributed by atoms with Crippen molar-refractivity contribution in [3.05, 3.63) is 28.8 Å². The highest BCUT2D eigenvalue weighted by atomic mass is 32.2. The zero-order chi connectivity index (χ0) is 17.6. The van der Waals surface area contributed by atoms with E-state index in [0.29, 0.717) is 18.0 Å². The van der Waals surface area contributed by atoms with Crippen LogP contribution >= 0.6 is 0 Å². The lowest BCUT2D eigenvalue weighted by atomic mass is 9.85. The Morgan fingerprint density at radius 1 is 1.04 bits per heavy atom. The maximum Gasteiger partial charge on any atom is 0.243 e.